The monoisotopic (exact) mass is 321 g/mol. The molecule has 1 aliphatic rings. The topological polar surface area (TPSA) is 72.2 Å². The van der Waals surface area contributed by atoms with Gasteiger partial charge in [-0.3, -0.25) is 4.79 Å². The zero-order chi connectivity index (χ0) is 15.5. The maximum atomic E-state index is 12.0. The van der Waals surface area contributed by atoms with Crippen LogP contribution in [0.5, 0.6) is 0 Å². The van der Waals surface area contributed by atoms with Gasteiger partial charge in [-0.15, -0.1) is 10.2 Å². The lowest BCUT2D eigenvalue weighted by atomic mass is 9.95. The third kappa shape index (κ3) is 3.45. The molecule has 2 aromatic heterocycles. The van der Waals surface area contributed by atoms with Crippen LogP contribution in [0.1, 0.15) is 69.1 Å². The zero-order valence-electron chi connectivity index (χ0n) is 13.2. The van der Waals surface area contributed by atoms with E-state index in [0.29, 0.717) is 24.8 Å². The highest BCUT2D eigenvalue weighted by Gasteiger charge is 2.17. The van der Waals surface area contributed by atoms with Gasteiger partial charge in [0.25, 0.3) is 0 Å². The van der Waals surface area contributed by atoms with Gasteiger partial charge in [-0.2, -0.15) is 9.61 Å². The molecule has 120 valence electrons. The maximum Gasteiger partial charge on any atom is 0.234 e. The van der Waals surface area contributed by atoms with Gasteiger partial charge in [-0.1, -0.05) is 44.4 Å². The van der Waals surface area contributed by atoms with Crippen LogP contribution in [-0.2, 0) is 11.2 Å². The van der Waals surface area contributed by atoms with E-state index in [0.717, 1.165) is 28.6 Å². The summed E-state index contributed by atoms with van der Waals surface area (Å²) in [7, 11) is 0. The summed E-state index contributed by atoms with van der Waals surface area (Å²) in [6.45, 7) is 4.15. The first-order valence-corrected chi connectivity index (χ1v) is 8.95. The summed E-state index contributed by atoms with van der Waals surface area (Å²) in [5, 5.41) is 16.9. The molecular formula is C15H23N5OS. The quantitative estimate of drug-likeness (QED) is 0.919. The van der Waals surface area contributed by atoms with Crippen LogP contribution >= 0.6 is 11.3 Å². The molecule has 22 heavy (non-hydrogen) atoms. The van der Waals surface area contributed by atoms with E-state index in [-0.39, 0.29) is 5.91 Å². The zero-order valence-corrected chi connectivity index (χ0v) is 14.0. The lowest BCUT2D eigenvalue weighted by Crippen LogP contribution is -2.36. The molecule has 0 aliphatic heterocycles. The summed E-state index contributed by atoms with van der Waals surface area (Å²) < 4.78 is 1.81. The van der Waals surface area contributed by atoms with Gasteiger partial charge in [0.1, 0.15) is 5.01 Å². The van der Waals surface area contributed by atoms with E-state index in [2.05, 4.69) is 34.5 Å². The summed E-state index contributed by atoms with van der Waals surface area (Å²) in [4.78, 5) is 12.9. The standard InChI is InChI=1S/C15H23N5OS/c1-10(2)14-17-18-15-20(14)19-13(22-15)9-8-12(21)16-11-6-4-3-5-7-11/h10-11H,3-9H2,1-2H3,(H,16,21). The van der Waals surface area contributed by atoms with Crippen LogP contribution in [0.2, 0.25) is 0 Å². The molecule has 3 rings (SSSR count). The number of carbonyl (C=O) groups is 1. The highest BCUT2D eigenvalue weighted by atomic mass is 32.1. The number of amides is 1. The first-order valence-electron chi connectivity index (χ1n) is 8.14. The van der Waals surface area contributed by atoms with Crippen molar-refractivity contribution in [2.24, 2.45) is 0 Å². The predicted octanol–water partition coefficient (Wildman–Crippen LogP) is 2.69. The fourth-order valence-electron chi connectivity index (χ4n) is 2.90. The number of carbonyl (C=O) groups excluding carboxylic acids is 1. The average Bonchev–Trinajstić information content (AvgIpc) is 3.05. The van der Waals surface area contributed by atoms with E-state index in [1.807, 2.05) is 4.52 Å². The number of hydrogen-bond donors (Lipinski definition) is 1. The van der Waals surface area contributed by atoms with E-state index in [4.69, 9.17) is 0 Å². The fraction of sp³-hybridized carbons (Fsp3) is 0.733. The predicted molar refractivity (Wildman–Crippen MR) is 86.1 cm³/mol. The molecule has 0 saturated heterocycles. The highest BCUT2D eigenvalue weighted by molar-refractivity contribution is 7.16. The average molecular weight is 321 g/mol. The van der Waals surface area contributed by atoms with Crippen molar-refractivity contribution in [3.63, 3.8) is 0 Å². The van der Waals surface area contributed by atoms with Crippen molar-refractivity contribution in [2.75, 3.05) is 0 Å². The Morgan fingerprint density at radius 2 is 2.09 bits per heavy atom. The van der Waals surface area contributed by atoms with Crippen molar-refractivity contribution in [1.29, 1.82) is 0 Å². The Hall–Kier alpha value is -1.50. The molecule has 0 unspecified atom stereocenters. The summed E-state index contributed by atoms with van der Waals surface area (Å²) in [6.07, 6.45) is 7.19. The summed E-state index contributed by atoms with van der Waals surface area (Å²) >= 11 is 1.52. The van der Waals surface area contributed by atoms with Crippen LogP contribution in [0.15, 0.2) is 0 Å². The van der Waals surface area contributed by atoms with Gasteiger partial charge in [0.15, 0.2) is 5.82 Å². The molecule has 0 atom stereocenters. The molecule has 0 radical (unpaired) electrons. The third-order valence-electron chi connectivity index (χ3n) is 4.11. The second-order valence-electron chi connectivity index (χ2n) is 6.31. The van der Waals surface area contributed by atoms with Crippen LogP contribution in [0.25, 0.3) is 4.96 Å². The van der Waals surface area contributed by atoms with E-state index >= 15 is 0 Å². The Morgan fingerprint density at radius 3 is 2.82 bits per heavy atom. The number of fused-ring (bicyclic) bond motifs is 1. The molecule has 7 heteroatoms. The Labute approximate surface area is 134 Å². The van der Waals surface area contributed by atoms with Gasteiger partial charge in [0.2, 0.25) is 10.9 Å². The molecular weight excluding hydrogens is 298 g/mol. The van der Waals surface area contributed by atoms with E-state index in [1.165, 1.54) is 30.6 Å². The Bertz CT molecular complexity index is 641. The molecule has 1 aliphatic carbocycles. The number of nitrogens with zero attached hydrogens (tertiary/aromatic N) is 4. The first-order chi connectivity index (χ1) is 10.6. The van der Waals surface area contributed by atoms with Crippen molar-refractivity contribution in [3.8, 4) is 0 Å². The second-order valence-corrected chi connectivity index (χ2v) is 7.35. The minimum atomic E-state index is 0.141. The largest absolute Gasteiger partial charge is 0.353 e. The van der Waals surface area contributed by atoms with Gasteiger partial charge in [-0.05, 0) is 12.8 Å². The lowest BCUT2D eigenvalue weighted by Gasteiger charge is -2.22. The van der Waals surface area contributed by atoms with Crippen LogP contribution in [-0.4, -0.2) is 31.8 Å². The van der Waals surface area contributed by atoms with Gasteiger partial charge in [-0.25, -0.2) is 0 Å². The Balaban J connectivity index is 1.55. The third-order valence-corrected chi connectivity index (χ3v) is 5.07. The van der Waals surface area contributed by atoms with Crippen LogP contribution in [0.4, 0.5) is 0 Å². The van der Waals surface area contributed by atoms with Crippen molar-refractivity contribution in [3.05, 3.63) is 10.8 Å². The summed E-state index contributed by atoms with van der Waals surface area (Å²) in [6, 6.07) is 0.381. The molecule has 0 aromatic carbocycles. The van der Waals surface area contributed by atoms with Crippen molar-refractivity contribution < 1.29 is 4.79 Å². The molecule has 1 saturated carbocycles. The van der Waals surface area contributed by atoms with Gasteiger partial charge >= 0.3 is 0 Å². The van der Waals surface area contributed by atoms with E-state index in [1.54, 1.807) is 0 Å². The van der Waals surface area contributed by atoms with Crippen LogP contribution in [0, 0.1) is 0 Å². The smallest absolute Gasteiger partial charge is 0.234 e. The maximum absolute atomic E-state index is 12.0. The van der Waals surface area contributed by atoms with E-state index in [9.17, 15) is 4.79 Å². The van der Waals surface area contributed by atoms with Gasteiger partial charge in [0.05, 0.1) is 0 Å². The lowest BCUT2D eigenvalue weighted by molar-refractivity contribution is -0.121. The van der Waals surface area contributed by atoms with Crippen molar-refractivity contribution in [2.45, 2.75) is 70.8 Å². The van der Waals surface area contributed by atoms with Gasteiger partial charge in [0, 0.05) is 24.8 Å². The highest BCUT2D eigenvalue weighted by Crippen LogP contribution is 2.20. The molecule has 6 nitrogen and oxygen atoms in total. The molecule has 0 bridgehead atoms. The van der Waals surface area contributed by atoms with Crippen molar-refractivity contribution >= 4 is 22.2 Å². The number of nitrogens with one attached hydrogen (secondary N) is 1. The molecule has 2 aromatic rings. The summed E-state index contributed by atoms with van der Waals surface area (Å²) in [5.41, 5.74) is 0. The molecule has 0 spiro atoms. The molecule has 1 N–H and O–H groups in total. The number of aromatic nitrogens is 4. The first kappa shape index (κ1) is 15.4. The number of hydrogen-bond acceptors (Lipinski definition) is 5. The normalized spacial score (nSPS) is 16.5. The number of rotatable bonds is 5. The van der Waals surface area contributed by atoms with Gasteiger partial charge < -0.3 is 5.32 Å². The van der Waals surface area contributed by atoms with Crippen LogP contribution in [0.3, 0.4) is 0 Å². The SMILES string of the molecule is CC(C)c1nnc2sc(CCC(=O)NC3CCCCC3)nn12. The fourth-order valence-corrected chi connectivity index (χ4v) is 3.74. The van der Waals surface area contributed by atoms with Crippen molar-refractivity contribution in [1.82, 2.24) is 25.1 Å². The molecule has 1 amide bonds. The number of aryl methyl sites for hydroxylation is 1. The van der Waals surface area contributed by atoms with Crippen LogP contribution < -0.4 is 5.32 Å². The Morgan fingerprint density at radius 1 is 1.32 bits per heavy atom. The minimum Gasteiger partial charge on any atom is -0.353 e. The minimum absolute atomic E-state index is 0.141. The molecule has 2 heterocycles. The Kier molecular flexibility index (Phi) is 4.71. The van der Waals surface area contributed by atoms with E-state index < -0.39 is 0 Å². The second kappa shape index (κ2) is 6.73. The summed E-state index contributed by atoms with van der Waals surface area (Å²) in [5.74, 6) is 1.31. The molecule has 1 fully saturated rings.